The first kappa shape index (κ1) is 15.2. The SMILES string of the molecule is CCOC(=O)CCN(C)Cc1ccc(C(N)=O)cc1. The zero-order chi connectivity index (χ0) is 14.3. The maximum atomic E-state index is 11.2. The summed E-state index contributed by atoms with van der Waals surface area (Å²) in [6.45, 7) is 3.55. The maximum Gasteiger partial charge on any atom is 0.307 e. The molecule has 0 unspecified atom stereocenters. The fourth-order valence-electron chi connectivity index (χ4n) is 1.68. The molecule has 2 N–H and O–H groups in total. The Hall–Kier alpha value is -1.88. The molecule has 19 heavy (non-hydrogen) atoms. The summed E-state index contributed by atoms with van der Waals surface area (Å²) < 4.78 is 4.87. The minimum Gasteiger partial charge on any atom is -0.466 e. The van der Waals surface area contributed by atoms with E-state index in [9.17, 15) is 9.59 Å². The molecule has 1 rings (SSSR count). The van der Waals surface area contributed by atoms with Gasteiger partial charge in [0.2, 0.25) is 5.91 Å². The number of nitrogens with zero attached hydrogens (tertiary/aromatic N) is 1. The van der Waals surface area contributed by atoms with Crippen molar-refractivity contribution in [2.24, 2.45) is 5.73 Å². The third kappa shape index (κ3) is 5.52. The fraction of sp³-hybridized carbons (Fsp3) is 0.429. The molecule has 0 fully saturated rings. The van der Waals surface area contributed by atoms with Gasteiger partial charge in [-0.05, 0) is 31.7 Å². The van der Waals surface area contributed by atoms with Crippen molar-refractivity contribution < 1.29 is 14.3 Å². The van der Waals surface area contributed by atoms with E-state index < -0.39 is 5.91 Å². The summed E-state index contributed by atoms with van der Waals surface area (Å²) in [5, 5.41) is 0. The minimum absolute atomic E-state index is 0.182. The second-order valence-corrected chi connectivity index (χ2v) is 4.35. The van der Waals surface area contributed by atoms with Crippen molar-refractivity contribution in [3.05, 3.63) is 35.4 Å². The zero-order valence-electron chi connectivity index (χ0n) is 11.4. The summed E-state index contributed by atoms with van der Waals surface area (Å²) in [6.07, 6.45) is 0.379. The van der Waals surface area contributed by atoms with Crippen LogP contribution < -0.4 is 5.73 Å². The molecule has 0 spiro atoms. The lowest BCUT2D eigenvalue weighted by atomic mass is 10.1. The molecular formula is C14H20N2O3. The van der Waals surface area contributed by atoms with Gasteiger partial charge in [0.25, 0.3) is 0 Å². The highest BCUT2D eigenvalue weighted by atomic mass is 16.5. The average Bonchev–Trinajstić information content (AvgIpc) is 2.37. The first-order valence-corrected chi connectivity index (χ1v) is 6.25. The Bertz CT molecular complexity index is 429. The van der Waals surface area contributed by atoms with Gasteiger partial charge in [-0.1, -0.05) is 12.1 Å². The molecule has 1 aromatic rings. The second-order valence-electron chi connectivity index (χ2n) is 4.35. The van der Waals surface area contributed by atoms with Crippen LogP contribution in [0.25, 0.3) is 0 Å². The Balaban J connectivity index is 2.41. The van der Waals surface area contributed by atoms with Gasteiger partial charge in [0.1, 0.15) is 0 Å². The van der Waals surface area contributed by atoms with Gasteiger partial charge in [-0.15, -0.1) is 0 Å². The first-order valence-electron chi connectivity index (χ1n) is 6.25. The number of hydrogen-bond acceptors (Lipinski definition) is 4. The number of ether oxygens (including phenoxy) is 1. The van der Waals surface area contributed by atoms with Crippen LogP contribution in [0.4, 0.5) is 0 Å². The van der Waals surface area contributed by atoms with Crippen molar-refractivity contribution in [2.75, 3.05) is 20.2 Å². The maximum absolute atomic E-state index is 11.2. The van der Waals surface area contributed by atoms with Crippen molar-refractivity contribution in [1.82, 2.24) is 4.90 Å². The number of carbonyl (C=O) groups excluding carboxylic acids is 2. The lowest BCUT2D eigenvalue weighted by molar-refractivity contribution is -0.143. The van der Waals surface area contributed by atoms with Crippen LogP contribution in [0, 0.1) is 0 Å². The van der Waals surface area contributed by atoms with Crippen LogP contribution in [0.15, 0.2) is 24.3 Å². The lowest BCUT2D eigenvalue weighted by Gasteiger charge is -2.16. The summed E-state index contributed by atoms with van der Waals surface area (Å²) in [5.74, 6) is -0.611. The number of nitrogens with two attached hydrogens (primary N) is 1. The lowest BCUT2D eigenvalue weighted by Crippen LogP contribution is -2.22. The zero-order valence-corrected chi connectivity index (χ0v) is 11.4. The molecule has 0 bridgehead atoms. The van der Waals surface area contributed by atoms with Crippen LogP contribution in [-0.4, -0.2) is 37.0 Å². The van der Waals surface area contributed by atoms with E-state index >= 15 is 0 Å². The molecule has 5 heteroatoms. The number of carbonyl (C=O) groups is 2. The highest BCUT2D eigenvalue weighted by Gasteiger charge is 2.06. The fourth-order valence-corrected chi connectivity index (χ4v) is 1.68. The van der Waals surface area contributed by atoms with Crippen molar-refractivity contribution in [1.29, 1.82) is 0 Å². The quantitative estimate of drug-likeness (QED) is 0.750. The smallest absolute Gasteiger partial charge is 0.307 e. The molecule has 0 saturated carbocycles. The van der Waals surface area contributed by atoms with Crippen LogP contribution in [0.5, 0.6) is 0 Å². The van der Waals surface area contributed by atoms with Crippen molar-refractivity contribution in [3.8, 4) is 0 Å². The van der Waals surface area contributed by atoms with Crippen molar-refractivity contribution in [3.63, 3.8) is 0 Å². The van der Waals surface area contributed by atoms with E-state index in [0.717, 1.165) is 5.56 Å². The molecule has 0 aliphatic carbocycles. The minimum atomic E-state index is -0.429. The van der Waals surface area contributed by atoms with Gasteiger partial charge in [0.15, 0.2) is 0 Å². The van der Waals surface area contributed by atoms with Crippen molar-refractivity contribution in [2.45, 2.75) is 19.9 Å². The van der Waals surface area contributed by atoms with Crippen LogP contribution in [0.3, 0.4) is 0 Å². The highest BCUT2D eigenvalue weighted by molar-refractivity contribution is 5.92. The van der Waals surface area contributed by atoms with Gasteiger partial charge in [0.05, 0.1) is 13.0 Å². The first-order chi connectivity index (χ1) is 9.02. The van der Waals surface area contributed by atoms with E-state index in [4.69, 9.17) is 10.5 Å². The number of amides is 1. The van der Waals surface area contributed by atoms with Gasteiger partial charge in [0, 0.05) is 18.7 Å². The standard InChI is InChI=1S/C14H20N2O3/c1-3-19-13(17)8-9-16(2)10-11-4-6-12(7-5-11)14(15)18/h4-7H,3,8-10H2,1-2H3,(H2,15,18). The van der Waals surface area contributed by atoms with Gasteiger partial charge < -0.3 is 15.4 Å². The Morgan fingerprint density at radius 1 is 1.26 bits per heavy atom. The monoisotopic (exact) mass is 264 g/mol. The number of hydrogen-bond donors (Lipinski definition) is 1. The van der Waals surface area contributed by atoms with Crippen LogP contribution >= 0.6 is 0 Å². The number of benzene rings is 1. The Morgan fingerprint density at radius 3 is 2.42 bits per heavy atom. The van der Waals surface area contributed by atoms with Crippen molar-refractivity contribution >= 4 is 11.9 Å². The summed E-state index contributed by atoms with van der Waals surface area (Å²) in [5.41, 5.74) is 6.74. The highest BCUT2D eigenvalue weighted by Crippen LogP contribution is 2.06. The largest absolute Gasteiger partial charge is 0.466 e. The predicted molar refractivity (Wildman–Crippen MR) is 72.5 cm³/mol. The summed E-state index contributed by atoms with van der Waals surface area (Å²) >= 11 is 0. The average molecular weight is 264 g/mol. The Morgan fingerprint density at radius 2 is 1.89 bits per heavy atom. The van der Waals surface area contributed by atoms with E-state index in [1.807, 2.05) is 24.1 Å². The molecule has 0 saturated heterocycles. The molecule has 5 nitrogen and oxygen atoms in total. The molecule has 0 aromatic heterocycles. The van der Waals surface area contributed by atoms with E-state index in [0.29, 0.717) is 31.7 Å². The van der Waals surface area contributed by atoms with E-state index in [1.165, 1.54) is 0 Å². The molecule has 0 atom stereocenters. The third-order valence-corrected chi connectivity index (χ3v) is 2.69. The third-order valence-electron chi connectivity index (χ3n) is 2.69. The van der Waals surface area contributed by atoms with Crippen LogP contribution in [0.1, 0.15) is 29.3 Å². The molecule has 0 aliphatic rings. The number of rotatable bonds is 7. The molecule has 1 aromatic carbocycles. The predicted octanol–water partition coefficient (Wildman–Crippen LogP) is 1.17. The topological polar surface area (TPSA) is 72.6 Å². The van der Waals surface area contributed by atoms with Gasteiger partial charge in [-0.2, -0.15) is 0 Å². The van der Waals surface area contributed by atoms with Crippen LogP contribution in [0.2, 0.25) is 0 Å². The van der Waals surface area contributed by atoms with E-state index in [2.05, 4.69) is 0 Å². The Kier molecular flexibility index (Phi) is 6.02. The number of primary amides is 1. The molecule has 1 amide bonds. The molecular weight excluding hydrogens is 244 g/mol. The van der Waals surface area contributed by atoms with Crippen LogP contribution in [-0.2, 0) is 16.1 Å². The van der Waals surface area contributed by atoms with Gasteiger partial charge in [-0.3, -0.25) is 9.59 Å². The van der Waals surface area contributed by atoms with Gasteiger partial charge >= 0.3 is 5.97 Å². The summed E-state index contributed by atoms with van der Waals surface area (Å²) in [4.78, 5) is 24.2. The number of esters is 1. The molecule has 104 valence electrons. The molecule has 0 aliphatic heterocycles. The normalized spacial score (nSPS) is 10.5. The Labute approximate surface area is 113 Å². The van der Waals surface area contributed by atoms with E-state index in [-0.39, 0.29) is 5.97 Å². The summed E-state index contributed by atoms with van der Waals surface area (Å²) in [7, 11) is 1.93. The second kappa shape index (κ2) is 7.53. The summed E-state index contributed by atoms with van der Waals surface area (Å²) in [6, 6.07) is 7.13. The van der Waals surface area contributed by atoms with E-state index in [1.54, 1.807) is 19.1 Å². The van der Waals surface area contributed by atoms with Gasteiger partial charge in [-0.25, -0.2) is 0 Å². The molecule has 0 heterocycles. The molecule has 0 radical (unpaired) electrons.